The van der Waals surface area contributed by atoms with Gasteiger partial charge in [-0.2, -0.15) is 0 Å². The number of nitrogens with zero attached hydrogens (tertiary/aromatic N) is 1. The maximum absolute atomic E-state index is 10.8. The maximum atomic E-state index is 10.8. The number of carbonyl (C=O) groups is 1. The number of hydrogen-bond acceptors (Lipinski definition) is 3. The lowest BCUT2D eigenvalue weighted by atomic mass is 10.1. The van der Waals surface area contributed by atoms with E-state index in [9.17, 15) is 4.79 Å². The smallest absolute Gasteiger partial charge is 0.410 e. The van der Waals surface area contributed by atoms with Crippen LogP contribution in [-0.4, -0.2) is 16.2 Å². The summed E-state index contributed by atoms with van der Waals surface area (Å²) < 4.78 is 5.86. The van der Waals surface area contributed by atoms with Gasteiger partial charge in [0.25, 0.3) is 0 Å². The van der Waals surface area contributed by atoms with E-state index < -0.39 is 6.09 Å². The van der Waals surface area contributed by atoms with Crippen molar-refractivity contribution in [3.05, 3.63) is 52.7 Å². The molecule has 110 valence electrons. The number of amides is 1. The predicted octanol–water partition coefficient (Wildman–Crippen LogP) is 3.68. The standard InChI is InChI=1S/C16H18N2O3/c1-10-11(2)15(18-16(19)20)17-12(3)14(10)21-9-13-7-5-4-6-8-13/h4-8H,9H2,1-3H3,(H,17,18)(H,19,20). The predicted molar refractivity (Wildman–Crippen MR) is 80.9 cm³/mol. The Bertz CT molecular complexity index is 654. The van der Waals surface area contributed by atoms with Crippen LogP contribution in [0.4, 0.5) is 10.6 Å². The number of carboxylic acid groups (broad SMARTS) is 1. The highest BCUT2D eigenvalue weighted by atomic mass is 16.5. The molecule has 2 N–H and O–H groups in total. The number of pyridine rings is 1. The van der Waals surface area contributed by atoms with E-state index in [4.69, 9.17) is 9.84 Å². The van der Waals surface area contributed by atoms with Gasteiger partial charge in [0, 0.05) is 0 Å². The summed E-state index contributed by atoms with van der Waals surface area (Å²) in [5.74, 6) is 1.05. The molecule has 0 fully saturated rings. The van der Waals surface area contributed by atoms with Crippen LogP contribution in [0.3, 0.4) is 0 Å². The van der Waals surface area contributed by atoms with Crippen LogP contribution < -0.4 is 10.1 Å². The number of anilines is 1. The van der Waals surface area contributed by atoms with Crippen molar-refractivity contribution in [2.45, 2.75) is 27.4 Å². The molecule has 0 spiro atoms. The zero-order valence-electron chi connectivity index (χ0n) is 12.3. The first-order chi connectivity index (χ1) is 9.99. The molecule has 1 aromatic carbocycles. The van der Waals surface area contributed by atoms with Gasteiger partial charge in [-0.3, -0.25) is 5.32 Å². The second-order valence-corrected chi connectivity index (χ2v) is 4.83. The van der Waals surface area contributed by atoms with Crippen molar-refractivity contribution < 1.29 is 14.6 Å². The summed E-state index contributed by atoms with van der Waals surface area (Å²) in [5.41, 5.74) is 3.40. The van der Waals surface area contributed by atoms with Crippen LogP contribution in [0, 0.1) is 20.8 Å². The fourth-order valence-corrected chi connectivity index (χ4v) is 2.09. The van der Waals surface area contributed by atoms with Crippen LogP contribution in [0.2, 0.25) is 0 Å². The molecule has 0 aliphatic carbocycles. The molecule has 0 atom stereocenters. The molecule has 1 aromatic heterocycles. The van der Waals surface area contributed by atoms with E-state index in [0.29, 0.717) is 23.9 Å². The number of aryl methyl sites for hydroxylation is 1. The first-order valence-corrected chi connectivity index (χ1v) is 6.63. The molecule has 0 aliphatic heterocycles. The molecule has 5 nitrogen and oxygen atoms in total. The molecule has 0 bridgehead atoms. The SMILES string of the molecule is Cc1nc(NC(=O)O)c(C)c(C)c1OCc1ccccc1. The van der Waals surface area contributed by atoms with Crippen LogP contribution in [0.25, 0.3) is 0 Å². The van der Waals surface area contributed by atoms with E-state index >= 15 is 0 Å². The van der Waals surface area contributed by atoms with Gasteiger partial charge in [0.05, 0.1) is 5.69 Å². The Morgan fingerprint density at radius 1 is 1.19 bits per heavy atom. The molecule has 0 aliphatic rings. The van der Waals surface area contributed by atoms with Crippen LogP contribution in [0.15, 0.2) is 30.3 Å². The quantitative estimate of drug-likeness (QED) is 0.899. The van der Waals surface area contributed by atoms with E-state index in [-0.39, 0.29) is 0 Å². The third-order valence-electron chi connectivity index (χ3n) is 3.32. The number of rotatable bonds is 4. The highest BCUT2D eigenvalue weighted by molar-refractivity contribution is 5.83. The first-order valence-electron chi connectivity index (χ1n) is 6.63. The molecular formula is C16H18N2O3. The molecule has 0 saturated carbocycles. The topological polar surface area (TPSA) is 71.5 Å². The molecule has 2 aromatic rings. The first kappa shape index (κ1) is 14.8. The van der Waals surface area contributed by atoms with Gasteiger partial charge in [-0.15, -0.1) is 0 Å². The van der Waals surface area contributed by atoms with Crippen molar-refractivity contribution in [3.63, 3.8) is 0 Å². The minimum absolute atomic E-state index is 0.351. The van der Waals surface area contributed by atoms with Gasteiger partial charge in [-0.25, -0.2) is 9.78 Å². The van der Waals surface area contributed by atoms with Crippen LogP contribution >= 0.6 is 0 Å². The third-order valence-corrected chi connectivity index (χ3v) is 3.32. The van der Waals surface area contributed by atoms with Crippen molar-refractivity contribution in [3.8, 4) is 5.75 Å². The molecule has 0 radical (unpaired) electrons. The lowest BCUT2D eigenvalue weighted by molar-refractivity contribution is 0.209. The Hall–Kier alpha value is -2.56. The maximum Gasteiger partial charge on any atom is 0.410 e. The minimum Gasteiger partial charge on any atom is -0.487 e. The summed E-state index contributed by atoms with van der Waals surface area (Å²) in [6.07, 6.45) is -1.12. The van der Waals surface area contributed by atoms with Gasteiger partial charge < -0.3 is 9.84 Å². The Morgan fingerprint density at radius 2 is 1.86 bits per heavy atom. The third kappa shape index (κ3) is 3.51. The van der Waals surface area contributed by atoms with E-state index in [2.05, 4.69) is 10.3 Å². The molecule has 1 heterocycles. The molecular weight excluding hydrogens is 268 g/mol. The lowest BCUT2D eigenvalue weighted by Gasteiger charge is -2.16. The number of nitrogens with one attached hydrogen (secondary N) is 1. The number of aromatic nitrogens is 1. The Kier molecular flexibility index (Phi) is 4.42. The van der Waals surface area contributed by atoms with Gasteiger partial charge in [-0.1, -0.05) is 30.3 Å². The minimum atomic E-state index is -1.12. The molecule has 2 rings (SSSR count). The Balaban J connectivity index is 2.24. The summed E-state index contributed by atoms with van der Waals surface area (Å²) >= 11 is 0. The second kappa shape index (κ2) is 6.26. The number of benzene rings is 1. The van der Waals surface area contributed by atoms with Crippen molar-refractivity contribution in [1.29, 1.82) is 0 Å². The van der Waals surface area contributed by atoms with Gasteiger partial charge in [0.15, 0.2) is 0 Å². The van der Waals surface area contributed by atoms with E-state index in [1.165, 1.54) is 0 Å². The average molecular weight is 286 g/mol. The fraction of sp³-hybridized carbons (Fsp3) is 0.250. The second-order valence-electron chi connectivity index (χ2n) is 4.83. The zero-order valence-corrected chi connectivity index (χ0v) is 12.3. The van der Waals surface area contributed by atoms with E-state index in [0.717, 1.165) is 16.7 Å². The largest absolute Gasteiger partial charge is 0.487 e. The number of ether oxygens (including phenoxy) is 1. The monoisotopic (exact) mass is 286 g/mol. The molecule has 1 amide bonds. The van der Waals surface area contributed by atoms with Gasteiger partial charge >= 0.3 is 6.09 Å². The molecule has 0 unspecified atom stereocenters. The van der Waals surface area contributed by atoms with E-state index in [1.807, 2.05) is 44.2 Å². The van der Waals surface area contributed by atoms with Gasteiger partial charge in [0.1, 0.15) is 18.2 Å². The molecule has 21 heavy (non-hydrogen) atoms. The van der Waals surface area contributed by atoms with Gasteiger partial charge in [-0.05, 0) is 37.5 Å². The number of hydrogen-bond donors (Lipinski definition) is 2. The van der Waals surface area contributed by atoms with E-state index in [1.54, 1.807) is 6.92 Å². The van der Waals surface area contributed by atoms with Crippen molar-refractivity contribution in [1.82, 2.24) is 4.98 Å². The van der Waals surface area contributed by atoms with Crippen molar-refractivity contribution in [2.24, 2.45) is 0 Å². The Labute approximate surface area is 123 Å². The lowest BCUT2D eigenvalue weighted by Crippen LogP contribution is -2.12. The Morgan fingerprint density at radius 3 is 2.48 bits per heavy atom. The van der Waals surface area contributed by atoms with Crippen LogP contribution in [-0.2, 0) is 6.61 Å². The van der Waals surface area contributed by atoms with Crippen LogP contribution in [0.1, 0.15) is 22.4 Å². The van der Waals surface area contributed by atoms with Crippen LogP contribution in [0.5, 0.6) is 5.75 Å². The van der Waals surface area contributed by atoms with Crippen molar-refractivity contribution in [2.75, 3.05) is 5.32 Å². The average Bonchev–Trinajstić information content (AvgIpc) is 2.45. The molecule has 5 heteroatoms. The summed E-state index contributed by atoms with van der Waals surface area (Å²) in [5, 5.41) is 11.1. The highest BCUT2D eigenvalue weighted by Gasteiger charge is 2.14. The normalized spacial score (nSPS) is 10.2. The summed E-state index contributed by atoms with van der Waals surface area (Å²) in [6, 6.07) is 9.86. The summed E-state index contributed by atoms with van der Waals surface area (Å²) in [4.78, 5) is 15.0. The summed E-state index contributed by atoms with van der Waals surface area (Å²) in [6.45, 7) is 5.98. The van der Waals surface area contributed by atoms with Gasteiger partial charge in [0.2, 0.25) is 0 Å². The highest BCUT2D eigenvalue weighted by Crippen LogP contribution is 2.29. The summed E-state index contributed by atoms with van der Waals surface area (Å²) in [7, 11) is 0. The fourth-order valence-electron chi connectivity index (χ4n) is 2.09. The zero-order chi connectivity index (χ0) is 15.4. The van der Waals surface area contributed by atoms with Crippen molar-refractivity contribution >= 4 is 11.9 Å². The molecule has 0 saturated heterocycles.